The molecule has 0 aliphatic heterocycles. The highest BCUT2D eigenvalue weighted by Gasteiger charge is 2.13. The number of hydrogen-bond donors (Lipinski definition) is 2. The van der Waals surface area contributed by atoms with Crippen LogP contribution in [0.2, 0.25) is 5.02 Å². The van der Waals surface area contributed by atoms with Gasteiger partial charge in [-0.2, -0.15) is 5.10 Å². The van der Waals surface area contributed by atoms with Crippen LogP contribution in [0.15, 0.2) is 71.8 Å². The number of methoxy groups -OCH3 is 1. The molecule has 7 nitrogen and oxygen atoms in total. The van der Waals surface area contributed by atoms with Gasteiger partial charge in [-0.05, 0) is 84.9 Å². The number of benzene rings is 3. The van der Waals surface area contributed by atoms with Gasteiger partial charge in [-0.25, -0.2) is 4.79 Å². The van der Waals surface area contributed by atoms with Crippen molar-refractivity contribution in [1.29, 1.82) is 0 Å². The molecule has 0 saturated carbocycles. The van der Waals surface area contributed by atoms with E-state index in [2.05, 4.69) is 22.8 Å². The molecule has 0 aliphatic carbocycles. The summed E-state index contributed by atoms with van der Waals surface area (Å²) in [4.78, 5) is 12.6. The Bertz CT molecular complexity index is 1190. The number of hydrogen-bond acceptors (Lipinski definition) is 6. The van der Waals surface area contributed by atoms with Crippen molar-refractivity contribution in [3.05, 3.63) is 82.9 Å². The molecule has 3 aromatic rings. The number of rotatable bonds is 10. The van der Waals surface area contributed by atoms with E-state index in [1.807, 2.05) is 12.1 Å². The molecule has 3 rings (SSSR count). The van der Waals surface area contributed by atoms with Crippen LogP contribution in [0.3, 0.4) is 0 Å². The minimum atomic E-state index is -0.496. The van der Waals surface area contributed by atoms with Crippen molar-refractivity contribution in [2.75, 3.05) is 19.0 Å². The van der Waals surface area contributed by atoms with Crippen LogP contribution in [-0.2, 0) is 0 Å². The van der Waals surface area contributed by atoms with Crippen molar-refractivity contribution in [2.24, 2.45) is 5.10 Å². The fraction of sp³-hybridized carbons (Fsp3) is 0.192. The van der Waals surface area contributed by atoms with Gasteiger partial charge in [-0.1, -0.05) is 31.0 Å². The Morgan fingerprint density at radius 3 is 2.60 bits per heavy atom. The van der Waals surface area contributed by atoms with Gasteiger partial charge in [0, 0.05) is 10.7 Å². The summed E-state index contributed by atoms with van der Waals surface area (Å²) in [5.41, 5.74) is 4.61. The summed E-state index contributed by atoms with van der Waals surface area (Å²) in [7, 11) is 1.50. The smallest absolute Gasteiger partial charge is 0.343 e. The average Bonchev–Trinajstić information content (AvgIpc) is 2.85. The van der Waals surface area contributed by atoms with Gasteiger partial charge < -0.3 is 19.5 Å². The minimum absolute atomic E-state index is 0.295. The second-order valence-electron chi connectivity index (χ2n) is 7.36. The van der Waals surface area contributed by atoms with Crippen LogP contribution < -0.4 is 25.0 Å². The standard InChI is InChI=1S/C26H26ClN3O4S/c1-3-4-14-33-22-11-9-19(10-12-22)25(31)34-23-13-8-18(15-24(23)32-2)17-28-30-26(35)29-21-7-5-6-20(27)16-21/h5-13,15-17H,3-4,14H2,1-2H3,(H2,29,30,35)/b28-17-. The lowest BCUT2D eigenvalue weighted by molar-refractivity contribution is 0.0729. The molecule has 0 atom stereocenters. The topological polar surface area (TPSA) is 81.2 Å². The first-order valence-corrected chi connectivity index (χ1v) is 11.8. The third kappa shape index (κ3) is 8.27. The number of nitrogens with one attached hydrogen (secondary N) is 2. The SMILES string of the molecule is CCCCOc1ccc(C(=O)Oc2ccc(/C=N\NC(=S)Nc3cccc(Cl)c3)cc2OC)cc1. The van der Waals surface area contributed by atoms with Gasteiger partial charge in [-0.3, -0.25) is 5.43 Å². The minimum Gasteiger partial charge on any atom is -0.494 e. The van der Waals surface area contributed by atoms with E-state index in [1.165, 1.54) is 7.11 Å². The molecule has 0 amide bonds. The van der Waals surface area contributed by atoms with E-state index in [1.54, 1.807) is 60.8 Å². The molecule has 0 saturated heterocycles. The molecule has 0 fully saturated rings. The lowest BCUT2D eigenvalue weighted by Gasteiger charge is -2.11. The van der Waals surface area contributed by atoms with Crippen LogP contribution >= 0.6 is 23.8 Å². The van der Waals surface area contributed by atoms with Crippen LogP contribution in [-0.4, -0.2) is 31.0 Å². The van der Waals surface area contributed by atoms with Crippen molar-refractivity contribution in [2.45, 2.75) is 19.8 Å². The summed E-state index contributed by atoms with van der Waals surface area (Å²) in [6.07, 6.45) is 3.60. The number of unbranched alkanes of at least 4 members (excludes halogenated alkanes) is 1. The van der Waals surface area contributed by atoms with E-state index in [0.29, 0.717) is 45.1 Å². The maximum atomic E-state index is 12.6. The molecule has 35 heavy (non-hydrogen) atoms. The Kier molecular flexibility index (Phi) is 9.89. The molecule has 182 valence electrons. The zero-order valence-corrected chi connectivity index (χ0v) is 21.0. The third-order valence-electron chi connectivity index (χ3n) is 4.71. The number of carbonyl (C=O) groups excluding carboxylic acids is 1. The molecule has 0 aromatic heterocycles. The normalized spacial score (nSPS) is 10.6. The fourth-order valence-corrected chi connectivity index (χ4v) is 3.28. The van der Waals surface area contributed by atoms with E-state index in [0.717, 1.165) is 18.5 Å². The average molecular weight is 512 g/mol. The van der Waals surface area contributed by atoms with Gasteiger partial charge in [0.25, 0.3) is 0 Å². The second kappa shape index (κ2) is 13.3. The first kappa shape index (κ1) is 26.0. The first-order valence-electron chi connectivity index (χ1n) is 11.0. The Labute approximate surface area is 215 Å². The van der Waals surface area contributed by atoms with Crippen LogP contribution in [0, 0.1) is 0 Å². The van der Waals surface area contributed by atoms with Crippen molar-refractivity contribution in [3.63, 3.8) is 0 Å². The highest BCUT2D eigenvalue weighted by Crippen LogP contribution is 2.28. The Morgan fingerprint density at radius 1 is 1.09 bits per heavy atom. The van der Waals surface area contributed by atoms with Gasteiger partial charge in [0.2, 0.25) is 0 Å². The highest BCUT2D eigenvalue weighted by atomic mass is 35.5. The quantitative estimate of drug-likeness (QED) is 0.0853. The summed E-state index contributed by atoms with van der Waals surface area (Å²) in [5.74, 6) is 0.904. The third-order valence-corrected chi connectivity index (χ3v) is 5.14. The summed E-state index contributed by atoms with van der Waals surface area (Å²) in [5, 5.41) is 8.02. The van der Waals surface area contributed by atoms with Crippen LogP contribution in [0.1, 0.15) is 35.7 Å². The number of anilines is 1. The summed E-state index contributed by atoms with van der Waals surface area (Å²) >= 11 is 11.2. The van der Waals surface area contributed by atoms with Crippen molar-refractivity contribution < 1.29 is 19.0 Å². The molecular formula is C26H26ClN3O4S. The van der Waals surface area contributed by atoms with E-state index < -0.39 is 5.97 Å². The van der Waals surface area contributed by atoms with Crippen LogP contribution in [0.5, 0.6) is 17.2 Å². The number of ether oxygens (including phenoxy) is 3. The molecule has 0 unspecified atom stereocenters. The van der Waals surface area contributed by atoms with Crippen LogP contribution in [0.25, 0.3) is 0 Å². The second-order valence-corrected chi connectivity index (χ2v) is 8.21. The van der Waals surface area contributed by atoms with Gasteiger partial charge in [0.15, 0.2) is 16.6 Å². The van der Waals surface area contributed by atoms with Gasteiger partial charge in [0.1, 0.15) is 5.75 Å². The van der Waals surface area contributed by atoms with Crippen LogP contribution in [0.4, 0.5) is 5.69 Å². The Morgan fingerprint density at radius 2 is 1.89 bits per heavy atom. The molecule has 0 bridgehead atoms. The first-order chi connectivity index (χ1) is 17.0. The molecule has 0 spiro atoms. The number of carbonyl (C=O) groups is 1. The molecule has 0 heterocycles. The number of thiocarbonyl (C=S) groups is 1. The van der Waals surface area contributed by atoms with Gasteiger partial charge in [-0.15, -0.1) is 0 Å². The van der Waals surface area contributed by atoms with E-state index >= 15 is 0 Å². The van der Waals surface area contributed by atoms with Crippen molar-refractivity contribution in [3.8, 4) is 17.2 Å². The molecule has 0 radical (unpaired) electrons. The largest absolute Gasteiger partial charge is 0.494 e. The summed E-state index contributed by atoms with van der Waals surface area (Å²) in [6.45, 7) is 2.75. The highest BCUT2D eigenvalue weighted by molar-refractivity contribution is 7.80. The number of nitrogens with zero attached hydrogens (tertiary/aromatic N) is 1. The molecule has 0 aliphatic rings. The number of halogens is 1. The zero-order valence-electron chi connectivity index (χ0n) is 19.4. The molecule has 9 heteroatoms. The van der Waals surface area contributed by atoms with Crippen molar-refractivity contribution in [1.82, 2.24) is 5.43 Å². The zero-order chi connectivity index (χ0) is 25.0. The Hall–Kier alpha value is -3.62. The van der Waals surface area contributed by atoms with E-state index in [9.17, 15) is 4.79 Å². The molecular weight excluding hydrogens is 486 g/mol. The monoisotopic (exact) mass is 511 g/mol. The van der Waals surface area contributed by atoms with Gasteiger partial charge >= 0.3 is 5.97 Å². The van der Waals surface area contributed by atoms with Gasteiger partial charge in [0.05, 0.1) is 25.5 Å². The maximum Gasteiger partial charge on any atom is 0.343 e. The van der Waals surface area contributed by atoms with Crippen molar-refractivity contribution >= 4 is 46.8 Å². The predicted octanol–water partition coefficient (Wildman–Crippen LogP) is 6.07. The molecule has 3 aromatic carbocycles. The molecule has 2 N–H and O–H groups in total. The number of esters is 1. The maximum absolute atomic E-state index is 12.6. The van der Waals surface area contributed by atoms with E-state index in [-0.39, 0.29) is 0 Å². The Balaban J connectivity index is 1.57. The summed E-state index contributed by atoms with van der Waals surface area (Å²) < 4.78 is 16.5. The fourth-order valence-electron chi connectivity index (χ4n) is 2.92. The number of hydrazone groups is 1. The summed E-state index contributed by atoms with van der Waals surface area (Å²) in [6, 6.07) is 19.1. The van der Waals surface area contributed by atoms with E-state index in [4.69, 9.17) is 38.0 Å². The lowest BCUT2D eigenvalue weighted by atomic mass is 10.2. The predicted molar refractivity (Wildman–Crippen MR) is 143 cm³/mol. The lowest BCUT2D eigenvalue weighted by Crippen LogP contribution is -2.23.